The van der Waals surface area contributed by atoms with Crippen LogP contribution in [0.1, 0.15) is 11.3 Å². The number of aromatic amines is 1. The third-order valence-electron chi connectivity index (χ3n) is 3.58. The number of nitrogens with one attached hydrogen (secondary N) is 1. The predicted octanol–water partition coefficient (Wildman–Crippen LogP) is 3.53. The fraction of sp³-hybridized carbons (Fsp3) is 0.188. The minimum absolute atomic E-state index is 0.690. The van der Waals surface area contributed by atoms with Gasteiger partial charge in [-0.05, 0) is 31.5 Å². The van der Waals surface area contributed by atoms with Crippen LogP contribution < -0.4 is 10.6 Å². The van der Waals surface area contributed by atoms with Crippen molar-refractivity contribution in [1.82, 2.24) is 9.97 Å². The predicted molar refractivity (Wildman–Crippen MR) is 84.5 cm³/mol. The second-order valence-corrected chi connectivity index (χ2v) is 5.11. The van der Waals surface area contributed by atoms with Crippen LogP contribution in [0.5, 0.6) is 0 Å². The van der Waals surface area contributed by atoms with Crippen molar-refractivity contribution in [2.24, 2.45) is 0 Å². The van der Waals surface area contributed by atoms with Crippen LogP contribution in [-0.2, 0) is 0 Å². The van der Waals surface area contributed by atoms with Gasteiger partial charge in [-0.1, -0.05) is 18.2 Å². The summed E-state index contributed by atoms with van der Waals surface area (Å²) in [5, 5.41) is 1.20. The van der Waals surface area contributed by atoms with Gasteiger partial charge in [-0.2, -0.15) is 0 Å². The quantitative estimate of drug-likeness (QED) is 0.746. The van der Waals surface area contributed by atoms with Crippen molar-refractivity contribution in [1.29, 1.82) is 0 Å². The van der Waals surface area contributed by atoms with Crippen molar-refractivity contribution in [2.75, 3.05) is 17.7 Å². The molecule has 0 fully saturated rings. The zero-order valence-corrected chi connectivity index (χ0v) is 11.9. The number of para-hydroxylation sites is 1. The normalized spacial score (nSPS) is 10.9. The van der Waals surface area contributed by atoms with Crippen molar-refractivity contribution in [2.45, 2.75) is 13.8 Å². The number of anilines is 3. The number of aromatic nitrogens is 2. The molecule has 0 aliphatic heterocycles. The summed E-state index contributed by atoms with van der Waals surface area (Å²) in [7, 11) is 2.04. The van der Waals surface area contributed by atoms with Crippen LogP contribution in [0.3, 0.4) is 0 Å². The number of nitrogens with two attached hydrogens (primary N) is 1. The Labute approximate surface area is 118 Å². The van der Waals surface area contributed by atoms with E-state index in [4.69, 9.17) is 5.73 Å². The van der Waals surface area contributed by atoms with Crippen LogP contribution in [0, 0.1) is 13.8 Å². The van der Waals surface area contributed by atoms with E-state index in [0.717, 1.165) is 28.3 Å². The lowest BCUT2D eigenvalue weighted by Gasteiger charge is -2.21. The first-order valence-electron chi connectivity index (χ1n) is 6.61. The van der Waals surface area contributed by atoms with E-state index in [1.165, 1.54) is 5.39 Å². The van der Waals surface area contributed by atoms with Crippen molar-refractivity contribution in [3.05, 3.63) is 47.8 Å². The lowest BCUT2D eigenvalue weighted by molar-refractivity contribution is 1.09. The van der Waals surface area contributed by atoms with E-state index >= 15 is 0 Å². The molecule has 2 aromatic heterocycles. The molecule has 0 aliphatic rings. The number of hydrogen-bond donors (Lipinski definition) is 2. The third kappa shape index (κ3) is 1.90. The van der Waals surface area contributed by atoms with Crippen LogP contribution in [0.25, 0.3) is 10.9 Å². The molecule has 2 heterocycles. The van der Waals surface area contributed by atoms with Gasteiger partial charge in [0, 0.05) is 23.6 Å². The second-order valence-electron chi connectivity index (χ2n) is 5.11. The fourth-order valence-electron chi connectivity index (χ4n) is 2.74. The molecule has 3 N–H and O–H groups in total. The Morgan fingerprint density at radius 2 is 1.95 bits per heavy atom. The van der Waals surface area contributed by atoms with Crippen LogP contribution >= 0.6 is 0 Å². The maximum absolute atomic E-state index is 5.78. The number of aryl methyl sites for hydroxylation is 2. The smallest absolute Gasteiger partial charge is 0.135 e. The Morgan fingerprint density at radius 3 is 2.70 bits per heavy atom. The van der Waals surface area contributed by atoms with Gasteiger partial charge >= 0.3 is 0 Å². The third-order valence-corrected chi connectivity index (χ3v) is 3.58. The molecule has 0 atom stereocenters. The summed E-state index contributed by atoms with van der Waals surface area (Å²) in [5.41, 5.74) is 11.0. The Balaban J connectivity index is 2.17. The SMILES string of the molecule is Cc1cc(N)cnc1N(C)c1c(C)[nH]c2ccccc12. The topological polar surface area (TPSA) is 57.9 Å². The second kappa shape index (κ2) is 4.56. The summed E-state index contributed by atoms with van der Waals surface area (Å²) in [6.07, 6.45) is 1.70. The van der Waals surface area contributed by atoms with Crippen molar-refractivity contribution in [3.63, 3.8) is 0 Å². The van der Waals surface area contributed by atoms with Gasteiger partial charge < -0.3 is 15.6 Å². The first-order valence-corrected chi connectivity index (χ1v) is 6.61. The average molecular weight is 266 g/mol. The van der Waals surface area contributed by atoms with Gasteiger partial charge in [-0.25, -0.2) is 4.98 Å². The number of fused-ring (bicyclic) bond motifs is 1. The van der Waals surface area contributed by atoms with Crippen LogP contribution in [0.15, 0.2) is 36.5 Å². The summed E-state index contributed by atoms with van der Waals surface area (Å²) in [5.74, 6) is 0.923. The van der Waals surface area contributed by atoms with Gasteiger partial charge in [0.25, 0.3) is 0 Å². The first-order chi connectivity index (χ1) is 9.58. The van der Waals surface area contributed by atoms with Gasteiger partial charge in [-0.15, -0.1) is 0 Å². The lowest BCUT2D eigenvalue weighted by atomic mass is 10.2. The molecular weight excluding hydrogens is 248 g/mol. The van der Waals surface area contributed by atoms with Gasteiger partial charge in [0.15, 0.2) is 0 Å². The van der Waals surface area contributed by atoms with E-state index < -0.39 is 0 Å². The Hall–Kier alpha value is -2.49. The summed E-state index contributed by atoms with van der Waals surface area (Å²) in [6, 6.07) is 10.2. The molecule has 0 bridgehead atoms. The van der Waals surface area contributed by atoms with E-state index in [9.17, 15) is 0 Å². The molecule has 4 nitrogen and oxygen atoms in total. The zero-order valence-electron chi connectivity index (χ0n) is 11.9. The van der Waals surface area contributed by atoms with E-state index in [2.05, 4.69) is 40.0 Å². The van der Waals surface area contributed by atoms with Gasteiger partial charge in [0.05, 0.1) is 17.6 Å². The summed E-state index contributed by atoms with van der Waals surface area (Å²) in [6.45, 7) is 4.11. The molecule has 0 saturated carbocycles. The Bertz CT molecular complexity index is 773. The minimum Gasteiger partial charge on any atom is -0.397 e. The summed E-state index contributed by atoms with van der Waals surface area (Å²) < 4.78 is 0. The number of nitrogens with zero attached hydrogens (tertiary/aromatic N) is 2. The molecule has 0 unspecified atom stereocenters. The molecule has 3 aromatic rings. The summed E-state index contributed by atoms with van der Waals surface area (Å²) >= 11 is 0. The largest absolute Gasteiger partial charge is 0.397 e. The molecule has 102 valence electrons. The highest BCUT2D eigenvalue weighted by atomic mass is 15.2. The van der Waals surface area contributed by atoms with Crippen LogP contribution in [0.4, 0.5) is 17.2 Å². The van der Waals surface area contributed by atoms with Crippen LogP contribution in [-0.4, -0.2) is 17.0 Å². The molecule has 0 spiro atoms. The highest BCUT2D eigenvalue weighted by Crippen LogP contribution is 2.34. The minimum atomic E-state index is 0.690. The highest BCUT2D eigenvalue weighted by molar-refractivity contribution is 5.96. The molecule has 3 rings (SSSR count). The van der Waals surface area contributed by atoms with Crippen molar-refractivity contribution >= 4 is 28.1 Å². The van der Waals surface area contributed by atoms with E-state index in [1.54, 1.807) is 6.20 Å². The first kappa shape index (κ1) is 12.5. The lowest BCUT2D eigenvalue weighted by Crippen LogP contribution is -2.13. The molecule has 20 heavy (non-hydrogen) atoms. The fourth-order valence-corrected chi connectivity index (χ4v) is 2.74. The molecule has 0 saturated heterocycles. The molecule has 4 heteroatoms. The number of H-pyrrole nitrogens is 1. The molecule has 0 amide bonds. The average Bonchev–Trinajstić information content (AvgIpc) is 2.73. The zero-order chi connectivity index (χ0) is 14.3. The van der Waals surface area contributed by atoms with E-state index in [-0.39, 0.29) is 0 Å². The monoisotopic (exact) mass is 266 g/mol. The summed E-state index contributed by atoms with van der Waals surface area (Å²) in [4.78, 5) is 10.00. The van der Waals surface area contributed by atoms with Gasteiger partial charge in [0.1, 0.15) is 5.82 Å². The number of hydrogen-bond acceptors (Lipinski definition) is 3. The molecule has 0 radical (unpaired) electrons. The van der Waals surface area contributed by atoms with E-state index in [1.807, 2.05) is 26.1 Å². The number of pyridine rings is 1. The molecule has 1 aromatic carbocycles. The number of benzene rings is 1. The Morgan fingerprint density at radius 1 is 1.20 bits per heavy atom. The van der Waals surface area contributed by atoms with Crippen molar-refractivity contribution < 1.29 is 0 Å². The number of nitrogen functional groups attached to an aromatic ring is 1. The van der Waals surface area contributed by atoms with Gasteiger partial charge in [0.2, 0.25) is 0 Å². The standard InChI is InChI=1S/C16H18N4/c1-10-8-12(17)9-18-16(10)20(3)15-11(2)19-14-7-5-4-6-13(14)15/h4-9,19H,17H2,1-3H3. The van der Waals surface area contributed by atoms with Crippen molar-refractivity contribution in [3.8, 4) is 0 Å². The number of rotatable bonds is 2. The Kier molecular flexibility index (Phi) is 2.86. The molecular formula is C16H18N4. The molecule has 0 aliphatic carbocycles. The van der Waals surface area contributed by atoms with Crippen LogP contribution in [0.2, 0.25) is 0 Å². The maximum Gasteiger partial charge on any atom is 0.135 e. The van der Waals surface area contributed by atoms with E-state index in [0.29, 0.717) is 5.69 Å². The highest BCUT2D eigenvalue weighted by Gasteiger charge is 2.16. The van der Waals surface area contributed by atoms with Gasteiger partial charge in [-0.3, -0.25) is 0 Å². The maximum atomic E-state index is 5.78.